The van der Waals surface area contributed by atoms with Crippen LogP contribution in [0.25, 0.3) is 0 Å². The van der Waals surface area contributed by atoms with E-state index >= 15 is 0 Å². The molecule has 0 radical (unpaired) electrons. The van der Waals surface area contributed by atoms with Gasteiger partial charge in [0, 0.05) is 13.1 Å². The van der Waals surface area contributed by atoms with Crippen LogP contribution in [-0.2, 0) is 40.0 Å². The van der Waals surface area contributed by atoms with Gasteiger partial charge in [0.1, 0.15) is 24.2 Å². The molecule has 1 saturated heterocycles. The molecule has 18 heteroatoms. The number of aliphatic carboxylic acids is 1. The summed E-state index contributed by atoms with van der Waals surface area (Å²) in [5, 5.41) is 18.6. The SMILES string of the molecule is C[C@H](NC(=O)CNC(=O)[C@H](CCCN=C(N)N)NC(=O)[C@@H]1CCCN1C(=O)[C@H](CC(N)=O)NC(=O)[C@@H](N)Cc1ccccc1)C(=O)O. The van der Waals surface area contributed by atoms with Crippen LogP contribution in [0.5, 0.6) is 0 Å². The van der Waals surface area contributed by atoms with Gasteiger partial charge in [0.15, 0.2) is 5.96 Å². The van der Waals surface area contributed by atoms with Crippen LogP contribution in [0.1, 0.15) is 44.6 Å². The lowest BCUT2D eigenvalue weighted by atomic mass is 10.0. The number of amides is 6. The molecule has 258 valence electrons. The average Bonchev–Trinajstić information content (AvgIpc) is 3.51. The maximum atomic E-state index is 13.6. The Balaban J connectivity index is 2.13. The van der Waals surface area contributed by atoms with Gasteiger partial charge in [0.2, 0.25) is 35.4 Å². The van der Waals surface area contributed by atoms with E-state index in [1.54, 1.807) is 24.3 Å². The molecule has 1 aliphatic rings. The molecule has 0 unspecified atom stereocenters. The van der Waals surface area contributed by atoms with E-state index in [0.29, 0.717) is 6.42 Å². The number of hydrogen-bond donors (Lipinski definition) is 9. The van der Waals surface area contributed by atoms with Crippen molar-refractivity contribution < 1.29 is 38.7 Å². The first-order chi connectivity index (χ1) is 22.2. The summed E-state index contributed by atoms with van der Waals surface area (Å²) in [5.41, 5.74) is 22.9. The number of primary amides is 1. The van der Waals surface area contributed by atoms with Gasteiger partial charge in [-0.3, -0.25) is 38.6 Å². The summed E-state index contributed by atoms with van der Waals surface area (Å²) in [5.74, 6) is -5.91. The van der Waals surface area contributed by atoms with Gasteiger partial charge in [0.25, 0.3) is 0 Å². The molecule has 18 nitrogen and oxygen atoms in total. The zero-order valence-electron chi connectivity index (χ0n) is 26.1. The topological polar surface area (TPSA) is 308 Å². The maximum Gasteiger partial charge on any atom is 0.325 e. The zero-order chi connectivity index (χ0) is 35.1. The fraction of sp³-hybridized carbons (Fsp3) is 0.517. The highest BCUT2D eigenvalue weighted by Gasteiger charge is 2.39. The van der Waals surface area contributed by atoms with Gasteiger partial charge in [-0.05, 0) is 44.6 Å². The van der Waals surface area contributed by atoms with Crippen molar-refractivity contribution >= 4 is 47.4 Å². The lowest BCUT2D eigenvalue weighted by Crippen LogP contribution is -2.58. The van der Waals surface area contributed by atoms with Crippen molar-refractivity contribution in [2.45, 2.75) is 75.7 Å². The second-order valence-corrected chi connectivity index (χ2v) is 11.1. The fourth-order valence-corrected chi connectivity index (χ4v) is 4.83. The van der Waals surface area contributed by atoms with E-state index in [2.05, 4.69) is 26.3 Å². The van der Waals surface area contributed by atoms with E-state index in [1.807, 2.05) is 6.07 Å². The number of carboxylic acids is 1. The number of rotatable bonds is 18. The highest BCUT2D eigenvalue weighted by atomic mass is 16.4. The van der Waals surface area contributed by atoms with Crippen LogP contribution in [0, 0.1) is 0 Å². The number of nitrogens with two attached hydrogens (primary N) is 4. The van der Waals surface area contributed by atoms with E-state index in [1.165, 1.54) is 11.8 Å². The molecule has 13 N–H and O–H groups in total. The number of carboxylic acid groups (broad SMARTS) is 1. The third kappa shape index (κ3) is 12.9. The van der Waals surface area contributed by atoms with E-state index in [-0.39, 0.29) is 44.7 Å². The molecular formula is C29H44N10O8. The second-order valence-electron chi connectivity index (χ2n) is 11.1. The molecule has 47 heavy (non-hydrogen) atoms. The van der Waals surface area contributed by atoms with Crippen molar-refractivity contribution in [3.05, 3.63) is 35.9 Å². The Morgan fingerprint density at radius 3 is 2.28 bits per heavy atom. The number of hydrogen-bond acceptors (Lipinski definition) is 9. The van der Waals surface area contributed by atoms with E-state index in [9.17, 15) is 33.6 Å². The first-order valence-electron chi connectivity index (χ1n) is 15.0. The number of carbonyl (C=O) groups excluding carboxylic acids is 6. The first kappa shape index (κ1) is 37.9. The van der Waals surface area contributed by atoms with Crippen LogP contribution in [-0.4, -0.2) is 107 Å². The van der Waals surface area contributed by atoms with Crippen molar-refractivity contribution in [1.82, 2.24) is 26.2 Å². The molecular weight excluding hydrogens is 616 g/mol. The standard InChI is InChI=1S/C29H44N10O8/c1-16(28(46)47)36-23(41)15-35-25(43)19(9-5-11-34-29(32)33)37-26(44)21-10-6-12-39(21)27(45)20(14-22(31)40)38-24(42)18(30)13-17-7-3-2-4-8-17/h2-4,7-8,16,18-21H,5-6,9-15,30H2,1H3,(H2,31,40)(H,35,43)(H,36,41)(H,37,44)(H,38,42)(H,46,47)(H4,32,33,34)/t16-,18-,19-,20-,21-/m0/s1. The Bertz CT molecular complexity index is 1320. The number of benzene rings is 1. The molecule has 1 aliphatic heterocycles. The van der Waals surface area contributed by atoms with Crippen molar-refractivity contribution in [2.24, 2.45) is 27.9 Å². The zero-order valence-corrected chi connectivity index (χ0v) is 26.1. The third-order valence-electron chi connectivity index (χ3n) is 7.24. The monoisotopic (exact) mass is 660 g/mol. The molecule has 1 heterocycles. The summed E-state index contributed by atoms with van der Waals surface area (Å²) >= 11 is 0. The normalized spacial score (nSPS) is 16.5. The minimum absolute atomic E-state index is 0.0435. The molecule has 0 bridgehead atoms. The van der Waals surface area contributed by atoms with E-state index in [4.69, 9.17) is 28.0 Å². The smallest absolute Gasteiger partial charge is 0.325 e. The Morgan fingerprint density at radius 2 is 1.66 bits per heavy atom. The Hall–Kier alpha value is -5.26. The predicted molar refractivity (Wildman–Crippen MR) is 169 cm³/mol. The summed E-state index contributed by atoms with van der Waals surface area (Å²) < 4.78 is 0. The van der Waals surface area contributed by atoms with Gasteiger partial charge in [-0.25, -0.2) is 0 Å². The summed E-state index contributed by atoms with van der Waals surface area (Å²) in [6.07, 6.45) is 0.569. The van der Waals surface area contributed by atoms with Crippen molar-refractivity contribution in [1.29, 1.82) is 0 Å². The highest BCUT2D eigenvalue weighted by molar-refractivity contribution is 5.97. The number of likely N-dealkylation sites (tertiary alicyclic amines) is 1. The molecule has 6 amide bonds. The van der Waals surface area contributed by atoms with Crippen LogP contribution in [0.15, 0.2) is 35.3 Å². The molecule has 1 fully saturated rings. The van der Waals surface area contributed by atoms with Crippen molar-refractivity contribution in [3.63, 3.8) is 0 Å². The van der Waals surface area contributed by atoms with Crippen LogP contribution in [0.2, 0.25) is 0 Å². The number of aliphatic imine (C=N–C) groups is 1. The number of nitrogens with one attached hydrogen (secondary N) is 4. The van der Waals surface area contributed by atoms with Gasteiger partial charge in [-0.1, -0.05) is 30.3 Å². The van der Waals surface area contributed by atoms with Crippen LogP contribution < -0.4 is 44.2 Å². The molecule has 1 aromatic rings. The fourth-order valence-electron chi connectivity index (χ4n) is 4.83. The quantitative estimate of drug-likeness (QED) is 0.0417. The third-order valence-corrected chi connectivity index (χ3v) is 7.24. The minimum atomic E-state index is -1.39. The number of carbonyl (C=O) groups is 7. The molecule has 0 aromatic heterocycles. The molecule has 0 aliphatic carbocycles. The lowest BCUT2D eigenvalue weighted by molar-refractivity contribution is -0.143. The number of nitrogens with zero attached hydrogens (tertiary/aromatic N) is 2. The Morgan fingerprint density at radius 1 is 0.979 bits per heavy atom. The minimum Gasteiger partial charge on any atom is -0.480 e. The van der Waals surface area contributed by atoms with E-state index < -0.39 is 84.6 Å². The molecule has 5 atom stereocenters. The van der Waals surface area contributed by atoms with Crippen molar-refractivity contribution in [3.8, 4) is 0 Å². The van der Waals surface area contributed by atoms with Crippen LogP contribution in [0.4, 0.5) is 0 Å². The first-order valence-corrected chi connectivity index (χ1v) is 15.0. The van der Waals surface area contributed by atoms with Crippen LogP contribution >= 0.6 is 0 Å². The molecule has 0 saturated carbocycles. The van der Waals surface area contributed by atoms with E-state index in [0.717, 1.165) is 5.56 Å². The summed E-state index contributed by atoms with van der Waals surface area (Å²) in [6.45, 7) is 0.947. The largest absolute Gasteiger partial charge is 0.480 e. The Kier molecular flexibility index (Phi) is 15.0. The highest BCUT2D eigenvalue weighted by Crippen LogP contribution is 2.20. The summed E-state index contributed by atoms with van der Waals surface area (Å²) in [6, 6.07) is 3.10. The van der Waals surface area contributed by atoms with Crippen molar-refractivity contribution in [2.75, 3.05) is 19.6 Å². The van der Waals surface area contributed by atoms with Gasteiger partial charge in [0.05, 0.1) is 19.0 Å². The number of guanidine groups is 1. The Labute approximate surface area is 271 Å². The second kappa shape index (κ2) is 18.6. The molecule has 0 spiro atoms. The lowest BCUT2D eigenvalue weighted by Gasteiger charge is -2.30. The molecule has 1 aromatic carbocycles. The average molecular weight is 661 g/mol. The van der Waals surface area contributed by atoms with Crippen LogP contribution in [0.3, 0.4) is 0 Å². The van der Waals surface area contributed by atoms with Gasteiger partial charge in [-0.2, -0.15) is 0 Å². The van der Waals surface area contributed by atoms with Gasteiger partial charge < -0.3 is 54.2 Å². The maximum absolute atomic E-state index is 13.6. The van der Waals surface area contributed by atoms with Gasteiger partial charge in [-0.15, -0.1) is 0 Å². The summed E-state index contributed by atoms with van der Waals surface area (Å²) in [4.78, 5) is 92.9. The summed E-state index contributed by atoms with van der Waals surface area (Å²) in [7, 11) is 0. The molecule has 2 rings (SSSR count). The predicted octanol–water partition coefficient (Wildman–Crippen LogP) is -3.85. The van der Waals surface area contributed by atoms with Gasteiger partial charge >= 0.3 is 5.97 Å².